The van der Waals surface area contributed by atoms with Crippen LogP contribution in [0.4, 0.5) is 11.6 Å². The van der Waals surface area contributed by atoms with Crippen LogP contribution in [0.2, 0.25) is 0 Å². The Bertz CT molecular complexity index is 693. The third-order valence-electron chi connectivity index (χ3n) is 2.60. The third kappa shape index (κ3) is 3.25. The average molecular weight is 275 g/mol. The molecule has 0 aliphatic rings. The summed E-state index contributed by atoms with van der Waals surface area (Å²) in [5.41, 5.74) is 6.35. The van der Waals surface area contributed by atoms with Crippen molar-refractivity contribution in [2.45, 2.75) is 19.9 Å². The highest BCUT2D eigenvalue weighted by molar-refractivity contribution is 5.83. The van der Waals surface area contributed by atoms with Crippen LogP contribution in [0.15, 0.2) is 23.0 Å². The maximum Gasteiger partial charge on any atom is 0.260 e. The van der Waals surface area contributed by atoms with Gasteiger partial charge in [-0.1, -0.05) is 0 Å². The van der Waals surface area contributed by atoms with E-state index in [4.69, 9.17) is 5.73 Å². The van der Waals surface area contributed by atoms with E-state index in [1.165, 1.54) is 0 Å². The molecule has 0 atom stereocenters. The predicted molar refractivity (Wildman–Crippen MR) is 78.5 cm³/mol. The van der Waals surface area contributed by atoms with Crippen LogP contribution in [0.25, 0.3) is 10.9 Å². The maximum absolute atomic E-state index is 11.9. The summed E-state index contributed by atoms with van der Waals surface area (Å²) in [6.45, 7) is 3.79. The Balaban J connectivity index is 2.18. The van der Waals surface area contributed by atoms with Gasteiger partial charge in [0.25, 0.3) is 5.56 Å². The lowest BCUT2D eigenvalue weighted by Gasteiger charge is -2.09. The van der Waals surface area contributed by atoms with Crippen molar-refractivity contribution in [2.24, 2.45) is 0 Å². The molecule has 7 nitrogen and oxygen atoms in total. The van der Waals surface area contributed by atoms with Gasteiger partial charge in [0.1, 0.15) is 0 Å². The second-order valence-electron chi connectivity index (χ2n) is 4.77. The molecule has 0 unspecified atom stereocenters. The van der Waals surface area contributed by atoms with Crippen molar-refractivity contribution in [3.05, 3.63) is 28.6 Å². The van der Waals surface area contributed by atoms with Gasteiger partial charge in [-0.2, -0.15) is 0 Å². The van der Waals surface area contributed by atoms with Crippen LogP contribution in [0.3, 0.4) is 0 Å². The second kappa shape index (κ2) is 5.60. The largest absolute Gasteiger partial charge is 0.399 e. The summed E-state index contributed by atoms with van der Waals surface area (Å²) in [6, 6.07) is 4.97. The fraction of sp³-hybridized carbons (Fsp3) is 0.308. The van der Waals surface area contributed by atoms with Crippen molar-refractivity contribution >= 4 is 28.4 Å². The number of H-pyrrole nitrogens is 1. The Hall–Kier alpha value is -2.57. The highest BCUT2D eigenvalue weighted by atomic mass is 16.2. The van der Waals surface area contributed by atoms with Gasteiger partial charge >= 0.3 is 0 Å². The number of nitrogens with one attached hydrogen (secondary N) is 3. The first-order chi connectivity index (χ1) is 9.45. The predicted octanol–water partition coefficient (Wildman–Crippen LogP) is 0.442. The monoisotopic (exact) mass is 275 g/mol. The molecule has 1 aromatic heterocycles. The smallest absolute Gasteiger partial charge is 0.260 e. The summed E-state index contributed by atoms with van der Waals surface area (Å²) in [5, 5.41) is 5.94. The van der Waals surface area contributed by atoms with Crippen LogP contribution in [-0.2, 0) is 4.79 Å². The Morgan fingerprint density at radius 2 is 2.20 bits per heavy atom. The maximum atomic E-state index is 11.9. The number of amides is 1. The summed E-state index contributed by atoms with van der Waals surface area (Å²) >= 11 is 0. The number of nitrogens with zero attached hydrogens (tertiary/aromatic N) is 1. The molecule has 0 aliphatic heterocycles. The molecule has 2 rings (SSSR count). The minimum atomic E-state index is -0.297. The van der Waals surface area contributed by atoms with Gasteiger partial charge in [0, 0.05) is 11.7 Å². The third-order valence-corrected chi connectivity index (χ3v) is 2.60. The number of anilines is 2. The van der Waals surface area contributed by atoms with E-state index < -0.39 is 0 Å². The molecule has 20 heavy (non-hydrogen) atoms. The molecule has 5 N–H and O–H groups in total. The topological polar surface area (TPSA) is 113 Å². The van der Waals surface area contributed by atoms with Crippen molar-refractivity contribution in [3.8, 4) is 0 Å². The van der Waals surface area contributed by atoms with Crippen LogP contribution < -0.4 is 21.9 Å². The number of aromatic amines is 1. The molecule has 0 saturated carbocycles. The number of nitrogen functional groups attached to an aromatic ring is 1. The van der Waals surface area contributed by atoms with E-state index in [1.807, 2.05) is 13.8 Å². The second-order valence-corrected chi connectivity index (χ2v) is 4.77. The van der Waals surface area contributed by atoms with E-state index >= 15 is 0 Å². The Morgan fingerprint density at radius 3 is 2.90 bits per heavy atom. The quantitative estimate of drug-likeness (QED) is 0.605. The van der Waals surface area contributed by atoms with Crippen LogP contribution in [0, 0.1) is 0 Å². The molecule has 0 saturated heterocycles. The number of carbonyl (C=O) groups excluding carboxylic acids is 1. The molecule has 1 amide bonds. The van der Waals surface area contributed by atoms with Gasteiger partial charge in [-0.25, -0.2) is 4.98 Å². The molecule has 0 radical (unpaired) electrons. The molecule has 1 heterocycles. The van der Waals surface area contributed by atoms with Crippen LogP contribution in [-0.4, -0.2) is 28.5 Å². The van der Waals surface area contributed by atoms with Crippen molar-refractivity contribution in [3.63, 3.8) is 0 Å². The Kier molecular flexibility index (Phi) is 3.88. The van der Waals surface area contributed by atoms with Crippen molar-refractivity contribution in [2.75, 3.05) is 17.6 Å². The number of carbonyl (C=O) groups is 1. The highest BCUT2D eigenvalue weighted by Crippen LogP contribution is 2.12. The van der Waals surface area contributed by atoms with E-state index in [2.05, 4.69) is 20.6 Å². The van der Waals surface area contributed by atoms with E-state index in [9.17, 15) is 9.59 Å². The first kappa shape index (κ1) is 13.9. The molecule has 0 fully saturated rings. The number of rotatable bonds is 4. The molecule has 0 aliphatic carbocycles. The summed E-state index contributed by atoms with van der Waals surface area (Å²) in [6.07, 6.45) is 0. The number of fused-ring (bicyclic) bond motifs is 1. The molecule has 2 aromatic rings. The molecule has 1 aromatic carbocycles. The van der Waals surface area contributed by atoms with E-state index in [1.54, 1.807) is 18.2 Å². The van der Waals surface area contributed by atoms with E-state index in [0.29, 0.717) is 16.6 Å². The fourth-order valence-electron chi connectivity index (χ4n) is 1.78. The lowest BCUT2D eigenvalue weighted by molar-refractivity contribution is -0.119. The minimum Gasteiger partial charge on any atom is -0.399 e. The lowest BCUT2D eigenvalue weighted by Crippen LogP contribution is -2.35. The van der Waals surface area contributed by atoms with Gasteiger partial charge in [0.2, 0.25) is 11.9 Å². The van der Waals surface area contributed by atoms with Crippen molar-refractivity contribution in [1.29, 1.82) is 0 Å². The van der Waals surface area contributed by atoms with Crippen molar-refractivity contribution in [1.82, 2.24) is 15.3 Å². The van der Waals surface area contributed by atoms with Crippen molar-refractivity contribution < 1.29 is 4.79 Å². The Morgan fingerprint density at radius 1 is 1.45 bits per heavy atom. The lowest BCUT2D eigenvalue weighted by atomic mass is 10.2. The number of benzene rings is 1. The zero-order valence-electron chi connectivity index (χ0n) is 11.4. The zero-order chi connectivity index (χ0) is 14.7. The van der Waals surface area contributed by atoms with E-state index in [-0.39, 0.29) is 30.0 Å². The standard InChI is InChI=1S/C13H17N5O2/c1-7(2)16-11(19)6-15-13-17-10-4-3-8(14)5-9(10)12(20)18-13/h3-5,7H,6,14H2,1-2H3,(H,16,19)(H2,15,17,18,20). The van der Waals surface area contributed by atoms with Gasteiger partial charge in [0.05, 0.1) is 17.4 Å². The number of aromatic nitrogens is 2. The van der Waals surface area contributed by atoms with Gasteiger partial charge < -0.3 is 16.4 Å². The van der Waals surface area contributed by atoms with Gasteiger partial charge in [-0.05, 0) is 32.0 Å². The van der Waals surface area contributed by atoms with Crippen LogP contribution in [0.5, 0.6) is 0 Å². The number of hydrogen-bond donors (Lipinski definition) is 4. The summed E-state index contributed by atoms with van der Waals surface area (Å²) < 4.78 is 0. The zero-order valence-corrected chi connectivity index (χ0v) is 11.4. The molecule has 7 heteroatoms. The number of hydrogen-bond acceptors (Lipinski definition) is 5. The molecular weight excluding hydrogens is 258 g/mol. The van der Waals surface area contributed by atoms with E-state index in [0.717, 1.165) is 0 Å². The van der Waals surface area contributed by atoms with Gasteiger partial charge in [0.15, 0.2) is 0 Å². The van der Waals surface area contributed by atoms with Gasteiger partial charge in [-0.3, -0.25) is 14.6 Å². The minimum absolute atomic E-state index is 0.0433. The van der Waals surface area contributed by atoms with Gasteiger partial charge in [-0.15, -0.1) is 0 Å². The number of nitrogens with two attached hydrogens (primary N) is 1. The van der Waals surface area contributed by atoms with Crippen LogP contribution >= 0.6 is 0 Å². The molecular formula is C13H17N5O2. The Labute approximate surface area is 115 Å². The molecule has 0 bridgehead atoms. The first-order valence-electron chi connectivity index (χ1n) is 6.28. The van der Waals surface area contributed by atoms with Crippen LogP contribution in [0.1, 0.15) is 13.8 Å². The molecule has 106 valence electrons. The highest BCUT2D eigenvalue weighted by Gasteiger charge is 2.06. The fourth-order valence-corrected chi connectivity index (χ4v) is 1.78. The molecule has 0 spiro atoms. The normalized spacial score (nSPS) is 10.8. The summed E-state index contributed by atoms with van der Waals surface area (Å²) in [4.78, 5) is 30.2. The summed E-state index contributed by atoms with van der Waals surface area (Å²) in [7, 11) is 0. The first-order valence-corrected chi connectivity index (χ1v) is 6.28. The summed E-state index contributed by atoms with van der Waals surface area (Å²) in [5.74, 6) is 0.0891. The average Bonchev–Trinajstić information content (AvgIpc) is 2.36. The SMILES string of the molecule is CC(C)NC(=O)CNc1nc2ccc(N)cc2c(=O)[nH]1.